The molecule has 4 heteroatoms. The molecule has 0 spiro atoms. The molecule has 0 aliphatic heterocycles. The van der Waals surface area contributed by atoms with Crippen LogP contribution in [0.4, 0.5) is 0 Å². The second-order valence-corrected chi connectivity index (χ2v) is 5.29. The van der Waals surface area contributed by atoms with E-state index in [2.05, 4.69) is 17.1 Å². The van der Waals surface area contributed by atoms with Crippen molar-refractivity contribution in [3.8, 4) is 5.88 Å². The van der Waals surface area contributed by atoms with Gasteiger partial charge in [0.05, 0.1) is 11.3 Å². The molecule has 0 amide bonds. The van der Waals surface area contributed by atoms with Crippen LogP contribution in [0.5, 0.6) is 5.88 Å². The maximum Gasteiger partial charge on any atom is 0.337 e. The Hall–Kier alpha value is -2.36. The van der Waals surface area contributed by atoms with E-state index in [4.69, 9.17) is 9.84 Å². The summed E-state index contributed by atoms with van der Waals surface area (Å²) in [7, 11) is 0. The van der Waals surface area contributed by atoms with Gasteiger partial charge in [-0.15, -0.1) is 0 Å². The number of carbonyl (C=O) groups is 1. The van der Waals surface area contributed by atoms with Crippen LogP contribution in [0.2, 0.25) is 0 Å². The van der Waals surface area contributed by atoms with Gasteiger partial charge in [0.15, 0.2) is 0 Å². The van der Waals surface area contributed by atoms with Crippen LogP contribution < -0.4 is 4.74 Å². The molecule has 1 atom stereocenters. The Morgan fingerprint density at radius 3 is 2.86 bits per heavy atom. The van der Waals surface area contributed by atoms with Crippen molar-refractivity contribution in [2.24, 2.45) is 0 Å². The predicted octanol–water partition coefficient (Wildman–Crippen LogP) is 3.54. The average molecular weight is 283 g/mol. The Balaban J connectivity index is 1.85. The van der Waals surface area contributed by atoms with Gasteiger partial charge in [0.1, 0.15) is 6.10 Å². The normalized spacial score (nSPS) is 17.1. The lowest BCUT2D eigenvalue weighted by Gasteiger charge is -2.25. The molecular formula is C17H17NO3. The summed E-state index contributed by atoms with van der Waals surface area (Å²) in [4.78, 5) is 15.3. The fraction of sp³-hybridized carbons (Fsp3) is 0.294. The Labute approximate surface area is 123 Å². The zero-order chi connectivity index (χ0) is 14.8. The van der Waals surface area contributed by atoms with Crippen LogP contribution in [0, 0.1) is 6.92 Å². The number of carboxylic acid groups (broad SMARTS) is 1. The van der Waals surface area contributed by atoms with Crippen LogP contribution in [-0.2, 0) is 6.42 Å². The minimum atomic E-state index is -0.963. The summed E-state index contributed by atoms with van der Waals surface area (Å²) in [6.45, 7) is 1.69. The Morgan fingerprint density at radius 1 is 1.29 bits per heavy atom. The highest BCUT2D eigenvalue weighted by atomic mass is 16.5. The number of aromatic carboxylic acids is 1. The van der Waals surface area contributed by atoms with E-state index in [-0.39, 0.29) is 11.7 Å². The minimum absolute atomic E-state index is 0.00229. The summed E-state index contributed by atoms with van der Waals surface area (Å²) in [6.07, 6.45) is 3.13. The third kappa shape index (κ3) is 2.75. The van der Waals surface area contributed by atoms with E-state index in [1.807, 2.05) is 12.1 Å². The molecule has 0 fully saturated rings. The number of pyridine rings is 1. The van der Waals surface area contributed by atoms with Crippen molar-refractivity contribution >= 4 is 5.97 Å². The number of nitrogens with zero attached hydrogens (tertiary/aromatic N) is 1. The summed E-state index contributed by atoms with van der Waals surface area (Å²) in [5, 5.41) is 9.03. The molecule has 108 valence electrons. The van der Waals surface area contributed by atoms with Gasteiger partial charge in [-0.05, 0) is 43.4 Å². The maximum atomic E-state index is 11.0. The van der Waals surface area contributed by atoms with Gasteiger partial charge in [-0.2, -0.15) is 0 Å². The summed E-state index contributed by atoms with van der Waals surface area (Å²) in [5.74, 6) is -0.478. The lowest BCUT2D eigenvalue weighted by atomic mass is 9.89. The van der Waals surface area contributed by atoms with Gasteiger partial charge in [-0.3, -0.25) is 0 Å². The molecule has 21 heavy (non-hydrogen) atoms. The monoisotopic (exact) mass is 283 g/mol. The molecule has 2 aromatic rings. The summed E-state index contributed by atoms with van der Waals surface area (Å²) >= 11 is 0. The Morgan fingerprint density at radius 2 is 2.10 bits per heavy atom. The van der Waals surface area contributed by atoms with E-state index >= 15 is 0 Å². The van der Waals surface area contributed by atoms with E-state index in [9.17, 15) is 4.79 Å². The first kappa shape index (κ1) is 13.6. The van der Waals surface area contributed by atoms with Gasteiger partial charge >= 0.3 is 5.97 Å². The zero-order valence-corrected chi connectivity index (χ0v) is 11.9. The molecule has 0 saturated carbocycles. The van der Waals surface area contributed by atoms with E-state index in [1.165, 1.54) is 11.1 Å². The van der Waals surface area contributed by atoms with Gasteiger partial charge < -0.3 is 9.84 Å². The number of rotatable bonds is 3. The standard InChI is InChI=1S/C17H17NO3/c1-11-13(17(19)20)9-10-16(18-11)21-15-8-4-6-12-5-2-3-7-14(12)15/h2-3,5,7,9-10,15H,4,6,8H2,1H3,(H,19,20). The van der Waals surface area contributed by atoms with Gasteiger partial charge in [-0.1, -0.05) is 24.3 Å². The van der Waals surface area contributed by atoms with E-state index < -0.39 is 5.97 Å². The second kappa shape index (κ2) is 5.56. The van der Waals surface area contributed by atoms with Gasteiger partial charge in [0, 0.05) is 6.07 Å². The number of ether oxygens (including phenoxy) is 1. The molecule has 1 aromatic heterocycles. The van der Waals surface area contributed by atoms with E-state index in [1.54, 1.807) is 19.1 Å². The maximum absolute atomic E-state index is 11.0. The lowest BCUT2D eigenvalue weighted by molar-refractivity contribution is 0.0695. The molecule has 1 N–H and O–H groups in total. The van der Waals surface area contributed by atoms with Crippen molar-refractivity contribution in [1.29, 1.82) is 0 Å². The largest absolute Gasteiger partial charge is 0.478 e. The van der Waals surface area contributed by atoms with Gasteiger partial charge in [0.2, 0.25) is 5.88 Å². The van der Waals surface area contributed by atoms with Crippen molar-refractivity contribution in [2.45, 2.75) is 32.3 Å². The topological polar surface area (TPSA) is 59.4 Å². The van der Waals surface area contributed by atoms with E-state index in [0.29, 0.717) is 11.6 Å². The van der Waals surface area contributed by atoms with Crippen molar-refractivity contribution < 1.29 is 14.6 Å². The zero-order valence-electron chi connectivity index (χ0n) is 11.9. The SMILES string of the molecule is Cc1nc(OC2CCCc3ccccc32)ccc1C(=O)O. The quantitative estimate of drug-likeness (QED) is 0.936. The third-order valence-electron chi connectivity index (χ3n) is 3.87. The van der Waals surface area contributed by atoms with E-state index in [0.717, 1.165) is 19.3 Å². The van der Waals surface area contributed by atoms with Crippen LogP contribution in [-0.4, -0.2) is 16.1 Å². The molecule has 1 unspecified atom stereocenters. The Bertz CT molecular complexity index is 681. The fourth-order valence-electron chi connectivity index (χ4n) is 2.81. The number of aromatic nitrogens is 1. The van der Waals surface area contributed by atoms with Crippen molar-refractivity contribution in [1.82, 2.24) is 4.98 Å². The lowest BCUT2D eigenvalue weighted by Crippen LogP contribution is -2.16. The van der Waals surface area contributed by atoms with Crippen molar-refractivity contribution in [3.63, 3.8) is 0 Å². The minimum Gasteiger partial charge on any atom is -0.478 e. The number of benzene rings is 1. The molecule has 0 saturated heterocycles. The summed E-state index contributed by atoms with van der Waals surface area (Å²) < 4.78 is 5.99. The summed E-state index contributed by atoms with van der Waals surface area (Å²) in [6, 6.07) is 11.5. The highest BCUT2D eigenvalue weighted by Crippen LogP contribution is 2.33. The molecule has 1 aliphatic rings. The van der Waals surface area contributed by atoms with Crippen LogP contribution >= 0.6 is 0 Å². The van der Waals surface area contributed by atoms with Crippen LogP contribution in [0.3, 0.4) is 0 Å². The third-order valence-corrected chi connectivity index (χ3v) is 3.87. The molecule has 1 aromatic carbocycles. The number of carboxylic acids is 1. The second-order valence-electron chi connectivity index (χ2n) is 5.29. The highest BCUT2D eigenvalue weighted by Gasteiger charge is 2.22. The van der Waals surface area contributed by atoms with Gasteiger partial charge in [0.25, 0.3) is 0 Å². The number of hydrogen-bond acceptors (Lipinski definition) is 3. The molecule has 3 rings (SSSR count). The predicted molar refractivity (Wildman–Crippen MR) is 78.7 cm³/mol. The number of fused-ring (bicyclic) bond motifs is 1. The molecule has 1 heterocycles. The van der Waals surface area contributed by atoms with Gasteiger partial charge in [-0.25, -0.2) is 9.78 Å². The fourth-order valence-corrected chi connectivity index (χ4v) is 2.81. The number of aryl methyl sites for hydroxylation is 2. The van der Waals surface area contributed by atoms with Crippen LogP contribution in [0.15, 0.2) is 36.4 Å². The Kier molecular flexibility index (Phi) is 3.60. The van der Waals surface area contributed by atoms with Crippen LogP contribution in [0.1, 0.15) is 46.1 Å². The molecular weight excluding hydrogens is 266 g/mol. The molecule has 0 radical (unpaired) electrons. The average Bonchev–Trinajstić information content (AvgIpc) is 2.47. The smallest absolute Gasteiger partial charge is 0.337 e. The number of hydrogen-bond donors (Lipinski definition) is 1. The molecule has 0 bridgehead atoms. The van der Waals surface area contributed by atoms with Crippen LogP contribution in [0.25, 0.3) is 0 Å². The van der Waals surface area contributed by atoms with Crippen molar-refractivity contribution in [3.05, 3.63) is 58.8 Å². The first-order valence-corrected chi connectivity index (χ1v) is 7.10. The molecule has 1 aliphatic carbocycles. The first-order valence-electron chi connectivity index (χ1n) is 7.10. The van der Waals surface area contributed by atoms with Crippen molar-refractivity contribution in [2.75, 3.05) is 0 Å². The summed E-state index contributed by atoms with van der Waals surface area (Å²) in [5.41, 5.74) is 3.23. The first-order chi connectivity index (χ1) is 10.1. The molecule has 4 nitrogen and oxygen atoms in total. The highest BCUT2D eigenvalue weighted by molar-refractivity contribution is 5.88.